The fourth-order valence-electron chi connectivity index (χ4n) is 0.829. The third kappa shape index (κ3) is 4.21. The molecule has 2 nitrogen and oxygen atoms in total. The Morgan fingerprint density at radius 2 is 1.82 bits per heavy atom. The van der Waals surface area contributed by atoms with E-state index >= 15 is 0 Å². The standard InChI is InChI=1S/C6H12F3NO/c7-6(8,9)5(1-3-10)2-4-11/h5,11H,1-4,10H2. The fourth-order valence-corrected chi connectivity index (χ4v) is 0.829. The summed E-state index contributed by atoms with van der Waals surface area (Å²) < 4.78 is 35.8. The van der Waals surface area contributed by atoms with Gasteiger partial charge in [-0.25, -0.2) is 0 Å². The lowest BCUT2D eigenvalue weighted by atomic mass is 10.0. The van der Waals surface area contributed by atoms with Crippen LogP contribution in [0.1, 0.15) is 12.8 Å². The first-order valence-electron chi connectivity index (χ1n) is 3.40. The molecule has 0 aliphatic heterocycles. The largest absolute Gasteiger partial charge is 0.396 e. The molecule has 0 aliphatic carbocycles. The molecule has 68 valence electrons. The highest BCUT2D eigenvalue weighted by molar-refractivity contribution is 4.67. The van der Waals surface area contributed by atoms with Crippen molar-refractivity contribution >= 4 is 0 Å². The van der Waals surface area contributed by atoms with Crippen LogP contribution in [-0.4, -0.2) is 24.4 Å². The summed E-state index contributed by atoms with van der Waals surface area (Å²) in [5, 5.41) is 8.29. The van der Waals surface area contributed by atoms with Crippen molar-refractivity contribution in [3.05, 3.63) is 0 Å². The summed E-state index contributed by atoms with van der Waals surface area (Å²) in [5.74, 6) is -1.45. The van der Waals surface area contributed by atoms with Gasteiger partial charge in [0.25, 0.3) is 0 Å². The maximum absolute atomic E-state index is 11.9. The summed E-state index contributed by atoms with van der Waals surface area (Å²) >= 11 is 0. The molecule has 0 bridgehead atoms. The van der Waals surface area contributed by atoms with E-state index in [0.717, 1.165) is 0 Å². The van der Waals surface area contributed by atoms with Gasteiger partial charge >= 0.3 is 6.18 Å². The second-order valence-corrected chi connectivity index (χ2v) is 2.33. The Morgan fingerprint density at radius 1 is 1.27 bits per heavy atom. The van der Waals surface area contributed by atoms with E-state index in [1.807, 2.05) is 0 Å². The molecular weight excluding hydrogens is 159 g/mol. The van der Waals surface area contributed by atoms with Crippen LogP contribution in [0.4, 0.5) is 13.2 Å². The van der Waals surface area contributed by atoms with E-state index < -0.39 is 18.7 Å². The number of halogens is 3. The molecule has 0 amide bonds. The van der Waals surface area contributed by atoms with Crippen LogP contribution in [0.25, 0.3) is 0 Å². The smallest absolute Gasteiger partial charge is 0.391 e. The van der Waals surface area contributed by atoms with Crippen molar-refractivity contribution in [2.45, 2.75) is 19.0 Å². The summed E-state index contributed by atoms with van der Waals surface area (Å²) in [4.78, 5) is 0. The second kappa shape index (κ2) is 4.56. The molecule has 0 spiro atoms. The van der Waals surface area contributed by atoms with E-state index in [4.69, 9.17) is 10.8 Å². The minimum absolute atomic E-state index is 0.00414. The Balaban J connectivity index is 3.88. The molecule has 0 rings (SSSR count). The highest BCUT2D eigenvalue weighted by Gasteiger charge is 2.37. The first-order chi connectivity index (χ1) is 5.02. The lowest BCUT2D eigenvalue weighted by molar-refractivity contribution is -0.179. The van der Waals surface area contributed by atoms with Crippen molar-refractivity contribution in [3.63, 3.8) is 0 Å². The zero-order chi connectivity index (χ0) is 8.91. The normalized spacial score (nSPS) is 15.0. The number of hydrogen-bond acceptors (Lipinski definition) is 2. The second-order valence-electron chi connectivity index (χ2n) is 2.33. The van der Waals surface area contributed by atoms with Gasteiger partial charge in [-0.3, -0.25) is 0 Å². The molecule has 11 heavy (non-hydrogen) atoms. The average Bonchev–Trinajstić information content (AvgIpc) is 1.85. The van der Waals surface area contributed by atoms with E-state index in [1.165, 1.54) is 0 Å². The highest BCUT2D eigenvalue weighted by Crippen LogP contribution is 2.30. The van der Waals surface area contributed by atoms with Crippen molar-refractivity contribution in [2.24, 2.45) is 11.7 Å². The molecule has 1 unspecified atom stereocenters. The summed E-state index contributed by atoms with van der Waals surface area (Å²) in [7, 11) is 0. The molecular formula is C6H12F3NO. The molecule has 0 saturated heterocycles. The third-order valence-corrected chi connectivity index (χ3v) is 1.46. The molecule has 0 aromatic heterocycles. The van der Waals surface area contributed by atoms with E-state index in [0.29, 0.717) is 0 Å². The van der Waals surface area contributed by atoms with Crippen LogP contribution in [0.15, 0.2) is 0 Å². The fraction of sp³-hybridized carbons (Fsp3) is 1.00. The number of hydrogen-bond donors (Lipinski definition) is 2. The Hall–Kier alpha value is -0.290. The monoisotopic (exact) mass is 171 g/mol. The molecule has 0 saturated carbocycles. The minimum Gasteiger partial charge on any atom is -0.396 e. The Labute approximate surface area is 63.2 Å². The summed E-state index contributed by atoms with van der Waals surface area (Å²) in [6, 6.07) is 0. The van der Waals surface area contributed by atoms with E-state index in [9.17, 15) is 13.2 Å². The number of alkyl halides is 3. The quantitative estimate of drug-likeness (QED) is 0.660. The average molecular weight is 171 g/mol. The van der Waals surface area contributed by atoms with E-state index in [-0.39, 0.29) is 19.4 Å². The zero-order valence-corrected chi connectivity index (χ0v) is 6.06. The molecule has 1 atom stereocenters. The number of aliphatic hydroxyl groups excluding tert-OH is 1. The van der Waals surface area contributed by atoms with Crippen molar-refractivity contribution < 1.29 is 18.3 Å². The zero-order valence-electron chi connectivity index (χ0n) is 6.06. The SMILES string of the molecule is NCCC(CCO)C(F)(F)F. The van der Waals surface area contributed by atoms with Crippen molar-refractivity contribution in [1.82, 2.24) is 0 Å². The maximum Gasteiger partial charge on any atom is 0.391 e. The molecule has 0 aromatic rings. The summed E-state index contributed by atoms with van der Waals surface area (Å²) in [6.45, 7) is -0.436. The summed E-state index contributed by atoms with van der Waals surface area (Å²) in [6.07, 6.45) is -4.58. The Kier molecular flexibility index (Phi) is 4.44. The minimum atomic E-state index is -4.22. The Morgan fingerprint density at radius 3 is 2.09 bits per heavy atom. The van der Waals surface area contributed by atoms with Crippen LogP contribution in [0.5, 0.6) is 0 Å². The third-order valence-electron chi connectivity index (χ3n) is 1.46. The van der Waals surface area contributed by atoms with Crippen LogP contribution >= 0.6 is 0 Å². The molecule has 0 heterocycles. The molecule has 0 fully saturated rings. The van der Waals surface area contributed by atoms with E-state index in [2.05, 4.69) is 0 Å². The molecule has 0 radical (unpaired) electrons. The van der Waals surface area contributed by atoms with Crippen LogP contribution < -0.4 is 5.73 Å². The molecule has 0 aliphatic rings. The predicted octanol–water partition coefficient (Wildman–Crippen LogP) is 0.896. The van der Waals surface area contributed by atoms with Crippen LogP contribution in [0.2, 0.25) is 0 Å². The molecule has 0 aromatic carbocycles. The van der Waals surface area contributed by atoms with Crippen LogP contribution in [0, 0.1) is 5.92 Å². The predicted molar refractivity (Wildman–Crippen MR) is 34.9 cm³/mol. The molecule has 3 N–H and O–H groups in total. The van der Waals surface area contributed by atoms with E-state index in [1.54, 1.807) is 0 Å². The lowest BCUT2D eigenvalue weighted by Crippen LogP contribution is -2.26. The first-order valence-corrected chi connectivity index (χ1v) is 3.40. The molecule has 5 heteroatoms. The van der Waals surface area contributed by atoms with Gasteiger partial charge in [-0.15, -0.1) is 0 Å². The maximum atomic E-state index is 11.9. The van der Waals surface area contributed by atoms with Crippen LogP contribution in [0.3, 0.4) is 0 Å². The van der Waals surface area contributed by atoms with Gasteiger partial charge in [0.05, 0.1) is 5.92 Å². The van der Waals surface area contributed by atoms with Crippen LogP contribution in [-0.2, 0) is 0 Å². The van der Waals surface area contributed by atoms with Gasteiger partial charge in [-0.05, 0) is 19.4 Å². The highest BCUT2D eigenvalue weighted by atomic mass is 19.4. The van der Waals surface area contributed by atoms with Gasteiger partial charge in [0.2, 0.25) is 0 Å². The van der Waals surface area contributed by atoms with Gasteiger partial charge in [0.1, 0.15) is 0 Å². The van der Waals surface area contributed by atoms with Gasteiger partial charge < -0.3 is 10.8 Å². The number of nitrogens with two attached hydrogens (primary N) is 1. The number of rotatable bonds is 4. The van der Waals surface area contributed by atoms with Gasteiger partial charge in [-0.1, -0.05) is 0 Å². The van der Waals surface area contributed by atoms with Crippen molar-refractivity contribution in [3.8, 4) is 0 Å². The number of aliphatic hydroxyl groups is 1. The lowest BCUT2D eigenvalue weighted by Gasteiger charge is -2.17. The topological polar surface area (TPSA) is 46.2 Å². The summed E-state index contributed by atoms with van der Waals surface area (Å²) in [5.41, 5.74) is 4.97. The first kappa shape index (κ1) is 10.7. The van der Waals surface area contributed by atoms with Crippen molar-refractivity contribution in [2.75, 3.05) is 13.2 Å². The van der Waals surface area contributed by atoms with Gasteiger partial charge in [0, 0.05) is 6.61 Å². The van der Waals surface area contributed by atoms with Gasteiger partial charge in [-0.2, -0.15) is 13.2 Å². The van der Waals surface area contributed by atoms with Crippen molar-refractivity contribution in [1.29, 1.82) is 0 Å². The Bertz CT molecular complexity index is 98.5. The van der Waals surface area contributed by atoms with Gasteiger partial charge in [0.15, 0.2) is 0 Å².